The third-order valence-corrected chi connectivity index (χ3v) is 7.75. The number of amides is 1. The average molecular weight is 464 g/mol. The molecule has 26 heavy (non-hydrogen) atoms. The van der Waals surface area contributed by atoms with Crippen molar-refractivity contribution < 1.29 is 21.6 Å². The van der Waals surface area contributed by atoms with E-state index in [1.54, 1.807) is 19.1 Å². The van der Waals surface area contributed by atoms with Gasteiger partial charge < -0.3 is 5.32 Å². The van der Waals surface area contributed by atoms with E-state index in [2.05, 4.69) is 10.0 Å². The lowest BCUT2D eigenvalue weighted by Crippen LogP contribution is -2.53. The van der Waals surface area contributed by atoms with Gasteiger partial charge in [-0.15, -0.1) is 0 Å². The van der Waals surface area contributed by atoms with Gasteiger partial charge in [0.15, 0.2) is 9.84 Å². The number of benzene rings is 1. The zero-order valence-corrected chi connectivity index (χ0v) is 17.7. The van der Waals surface area contributed by atoms with Crippen LogP contribution in [0.3, 0.4) is 0 Å². The maximum atomic E-state index is 12.7. The van der Waals surface area contributed by atoms with E-state index in [0.717, 1.165) is 5.56 Å². The molecule has 1 fully saturated rings. The summed E-state index contributed by atoms with van der Waals surface area (Å²) < 4.78 is 49.2. The van der Waals surface area contributed by atoms with Gasteiger partial charge in [-0.1, -0.05) is 52.5 Å². The molecule has 0 aliphatic carbocycles. The summed E-state index contributed by atoms with van der Waals surface area (Å²) in [7, 11) is -7.59. The molecule has 0 bridgehead atoms. The summed E-state index contributed by atoms with van der Waals surface area (Å²) in [6.45, 7) is 3.46. The number of carbonyl (C=O) groups is 1. The molecule has 0 radical (unpaired) electrons. The number of halogens is 3. The van der Waals surface area contributed by atoms with Gasteiger partial charge in [-0.25, -0.2) is 21.6 Å². The second kappa shape index (κ2) is 7.44. The highest BCUT2D eigenvalue weighted by Gasteiger charge is 2.43. The van der Waals surface area contributed by atoms with Crippen molar-refractivity contribution in [3.8, 4) is 0 Å². The topological polar surface area (TPSA) is 109 Å². The van der Waals surface area contributed by atoms with Gasteiger partial charge in [-0.05, 0) is 25.5 Å². The fraction of sp³-hybridized carbons (Fsp3) is 0.500. The summed E-state index contributed by atoms with van der Waals surface area (Å²) in [5.74, 6) is -1.96. The van der Waals surface area contributed by atoms with E-state index >= 15 is 0 Å². The number of nitrogens with one attached hydrogen (secondary N) is 2. The Morgan fingerprint density at radius 2 is 1.73 bits per heavy atom. The van der Waals surface area contributed by atoms with Crippen LogP contribution in [0.25, 0.3) is 0 Å². The van der Waals surface area contributed by atoms with Crippen LogP contribution >= 0.6 is 34.8 Å². The van der Waals surface area contributed by atoms with Gasteiger partial charge in [0.1, 0.15) is 0 Å². The van der Waals surface area contributed by atoms with Gasteiger partial charge in [0, 0.05) is 0 Å². The summed E-state index contributed by atoms with van der Waals surface area (Å²) in [5.41, 5.74) is 1.40. The van der Waals surface area contributed by atoms with Gasteiger partial charge in [-0.2, -0.15) is 0 Å². The van der Waals surface area contributed by atoms with E-state index in [1.165, 1.54) is 6.07 Å². The standard InChI is InChI=1S/C14H17Cl3N2O5S2/c1-8-3-4-12(9(2)5-8)26(23,24)19-11-7-25(21,22)6-10(11)18-13(20)14(15,16)17/h3-5,10-11,19H,6-7H2,1-2H3,(H,18,20)/t10-,11-/m0/s1. The Labute approximate surface area is 167 Å². The van der Waals surface area contributed by atoms with Crippen molar-refractivity contribution >= 4 is 60.6 Å². The van der Waals surface area contributed by atoms with Crippen LogP contribution in [-0.4, -0.2) is 50.1 Å². The van der Waals surface area contributed by atoms with Crippen LogP contribution in [0, 0.1) is 13.8 Å². The zero-order chi connectivity index (χ0) is 19.9. The molecular formula is C14H17Cl3N2O5S2. The Hall–Kier alpha value is -0.580. The first-order valence-corrected chi connectivity index (χ1v) is 11.8. The van der Waals surface area contributed by atoms with E-state index in [-0.39, 0.29) is 4.90 Å². The second-order valence-corrected chi connectivity index (χ2v) is 12.3. The van der Waals surface area contributed by atoms with Crippen LogP contribution in [-0.2, 0) is 24.7 Å². The third kappa shape index (κ3) is 5.24. The number of hydrogen-bond acceptors (Lipinski definition) is 5. The fourth-order valence-electron chi connectivity index (χ4n) is 2.72. The molecule has 1 amide bonds. The van der Waals surface area contributed by atoms with Crippen molar-refractivity contribution in [2.24, 2.45) is 0 Å². The fourth-order valence-corrected chi connectivity index (χ4v) is 6.35. The Kier molecular flexibility index (Phi) is 6.22. The summed E-state index contributed by atoms with van der Waals surface area (Å²) in [5, 5.41) is 2.28. The third-order valence-electron chi connectivity index (χ3n) is 3.85. The van der Waals surface area contributed by atoms with Gasteiger partial charge >= 0.3 is 0 Å². The first kappa shape index (κ1) is 21.7. The lowest BCUT2D eigenvalue weighted by atomic mass is 10.2. The molecule has 1 aliphatic rings. The number of sulfonamides is 1. The molecule has 0 saturated carbocycles. The molecule has 0 unspecified atom stereocenters. The molecule has 0 aromatic heterocycles. The average Bonchev–Trinajstić information content (AvgIpc) is 2.70. The summed E-state index contributed by atoms with van der Waals surface area (Å²) in [6.07, 6.45) is 0. The molecule has 1 aliphatic heterocycles. The van der Waals surface area contributed by atoms with Crippen molar-refractivity contribution in [2.45, 2.75) is 34.6 Å². The van der Waals surface area contributed by atoms with Crippen molar-refractivity contribution in [1.82, 2.24) is 10.0 Å². The van der Waals surface area contributed by atoms with Gasteiger partial charge in [0.05, 0.1) is 28.5 Å². The maximum absolute atomic E-state index is 12.7. The predicted molar refractivity (Wildman–Crippen MR) is 101 cm³/mol. The van der Waals surface area contributed by atoms with Crippen LogP contribution in [0.4, 0.5) is 0 Å². The molecule has 2 N–H and O–H groups in total. The lowest BCUT2D eigenvalue weighted by Gasteiger charge is -2.23. The van der Waals surface area contributed by atoms with Gasteiger partial charge in [0.25, 0.3) is 9.70 Å². The Bertz CT molecular complexity index is 926. The summed E-state index contributed by atoms with van der Waals surface area (Å²) in [4.78, 5) is 11.9. The molecule has 146 valence electrons. The van der Waals surface area contributed by atoms with Crippen LogP contribution in [0.1, 0.15) is 11.1 Å². The molecule has 2 rings (SSSR count). The Morgan fingerprint density at radius 3 is 2.27 bits per heavy atom. The highest BCUT2D eigenvalue weighted by molar-refractivity contribution is 7.92. The van der Waals surface area contributed by atoms with Gasteiger partial charge in [-0.3, -0.25) is 4.79 Å². The van der Waals surface area contributed by atoms with Crippen LogP contribution < -0.4 is 10.0 Å². The molecule has 12 heteroatoms. The number of carbonyl (C=O) groups excluding carboxylic acids is 1. The molecule has 1 saturated heterocycles. The first-order valence-electron chi connectivity index (χ1n) is 7.39. The largest absolute Gasteiger partial charge is 0.347 e. The van der Waals surface area contributed by atoms with Crippen molar-refractivity contribution in [2.75, 3.05) is 11.5 Å². The maximum Gasteiger partial charge on any atom is 0.272 e. The number of aryl methyl sites for hydroxylation is 2. The van der Waals surface area contributed by atoms with Crippen molar-refractivity contribution in [1.29, 1.82) is 0 Å². The summed E-state index contributed by atoms with van der Waals surface area (Å²) in [6, 6.07) is 2.63. The SMILES string of the molecule is Cc1ccc(S(=O)(=O)N[C@H]2CS(=O)(=O)C[C@@H]2NC(=O)C(Cl)(Cl)Cl)c(C)c1. The number of hydrogen-bond donors (Lipinski definition) is 2. The Balaban J connectivity index is 2.28. The van der Waals surface area contributed by atoms with Gasteiger partial charge in [0.2, 0.25) is 10.0 Å². The van der Waals surface area contributed by atoms with Crippen molar-refractivity contribution in [3.63, 3.8) is 0 Å². The minimum atomic E-state index is -4.01. The zero-order valence-electron chi connectivity index (χ0n) is 13.8. The molecule has 2 atom stereocenters. The Morgan fingerprint density at radius 1 is 1.15 bits per heavy atom. The van der Waals surface area contributed by atoms with Crippen LogP contribution in [0.15, 0.2) is 23.1 Å². The molecular weight excluding hydrogens is 447 g/mol. The van der Waals surface area contributed by atoms with E-state index in [0.29, 0.717) is 5.56 Å². The van der Waals surface area contributed by atoms with E-state index in [1.807, 2.05) is 6.92 Å². The van der Waals surface area contributed by atoms with Crippen LogP contribution in [0.5, 0.6) is 0 Å². The lowest BCUT2D eigenvalue weighted by molar-refractivity contribution is -0.120. The molecule has 1 aromatic rings. The normalized spacial score (nSPS) is 23.0. The minimum absolute atomic E-state index is 0.0267. The van der Waals surface area contributed by atoms with E-state index in [9.17, 15) is 21.6 Å². The molecule has 7 nitrogen and oxygen atoms in total. The molecule has 1 heterocycles. The molecule has 1 aromatic carbocycles. The quantitative estimate of drug-likeness (QED) is 0.653. The van der Waals surface area contributed by atoms with Crippen LogP contribution in [0.2, 0.25) is 0 Å². The molecule has 0 spiro atoms. The van der Waals surface area contributed by atoms with E-state index in [4.69, 9.17) is 34.8 Å². The first-order chi connectivity index (χ1) is 11.7. The summed E-state index contributed by atoms with van der Waals surface area (Å²) >= 11 is 16.4. The number of alkyl halides is 3. The van der Waals surface area contributed by atoms with E-state index < -0.39 is 53.1 Å². The minimum Gasteiger partial charge on any atom is -0.347 e. The highest BCUT2D eigenvalue weighted by atomic mass is 35.6. The smallest absolute Gasteiger partial charge is 0.272 e. The van der Waals surface area contributed by atoms with Crippen molar-refractivity contribution in [3.05, 3.63) is 29.3 Å². The highest BCUT2D eigenvalue weighted by Crippen LogP contribution is 2.27. The predicted octanol–water partition coefficient (Wildman–Crippen LogP) is 1.23. The second-order valence-electron chi connectivity index (χ2n) is 6.15. The monoisotopic (exact) mass is 462 g/mol. The number of rotatable bonds is 4. The number of sulfone groups is 1.